The van der Waals surface area contributed by atoms with Gasteiger partial charge in [0.05, 0.1) is 22.4 Å². The molecule has 0 spiro atoms. The minimum Gasteiger partial charge on any atom is -0.390 e. The zero-order chi connectivity index (χ0) is 18.1. The Kier molecular flexibility index (Phi) is 4.58. The number of β-amino-alcohol motifs (C(OH)–C–C–N with tert-alkyl or cyclic N) is 1. The van der Waals surface area contributed by atoms with E-state index in [2.05, 4.69) is 15.6 Å². The first-order valence-electron chi connectivity index (χ1n) is 8.56. The van der Waals surface area contributed by atoms with Crippen LogP contribution in [0.4, 0.5) is 5.82 Å². The minimum absolute atomic E-state index is 0.0774. The number of piperidine rings is 1. The standard InChI is InChI=1S/C19H20N4O2S/c20-18(25)13-9-22-19(23-14-6-7-21-10-15(14)24)12-8-16(26-17(12)13)11-4-2-1-3-5-11/h1-5,8-9,14-15,21,24H,6-7,10H2,(H2,20,25)(H,22,23). The number of hydrogen-bond donors (Lipinski definition) is 4. The van der Waals surface area contributed by atoms with Crippen molar-refractivity contribution in [2.24, 2.45) is 5.73 Å². The number of rotatable bonds is 4. The van der Waals surface area contributed by atoms with Crippen LogP contribution in [0.1, 0.15) is 16.8 Å². The molecule has 0 saturated carbocycles. The van der Waals surface area contributed by atoms with Gasteiger partial charge in [-0.1, -0.05) is 30.3 Å². The fourth-order valence-corrected chi connectivity index (χ4v) is 4.43. The Labute approximate surface area is 155 Å². The highest BCUT2D eigenvalue weighted by molar-refractivity contribution is 7.22. The Morgan fingerprint density at radius 2 is 2.15 bits per heavy atom. The van der Waals surface area contributed by atoms with Crippen LogP contribution in [0, 0.1) is 0 Å². The number of aromatic nitrogens is 1. The lowest BCUT2D eigenvalue weighted by Crippen LogP contribution is -2.47. The molecule has 5 N–H and O–H groups in total. The smallest absolute Gasteiger partial charge is 0.251 e. The van der Waals surface area contributed by atoms with E-state index in [1.165, 1.54) is 17.5 Å². The van der Waals surface area contributed by atoms with E-state index in [0.29, 0.717) is 17.9 Å². The summed E-state index contributed by atoms with van der Waals surface area (Å²) in [5.74, 6) is 0.187. The summed E-state index contributed by atoms with van der Waals surface area (Å²) in [5.41, 5.74) is 7.04. The Hall–Kier alpha value is -2.48. The zero-order valence-corrected chi connectivity index (χ0v) is 14.9. The number of nitrogens with two attached hydrogens (primary N) is 1. The second kappa shape index (κ2) is 7.03. The lowest BCUT2D eigenvalue weighted by molar-refractivity contribution is 0.100. The Morgan fingerprint density at radius 1 is 1.35 bits per heavy atom. The van der Waals surface area contributed by atoms with Gasteiger partial charge in [-0.05, 0) is 24.6 Å². The Morgan fingerprint density at radius 3 is 2.88 bits per heavy atom. The van der Waals surface area contributed by atoms with Gasteiger partial charge in [-0.15, -0.1) is 11.3 Å². The summed E-state index contributed by atoms with van der Waals surface area (Å²) >= 11 is 1.53. The van der Waals surface area contributed by atoms with Gasteiger partial charge in [0.2, 0.25) is 0 Å². The number of thiophene rings is 1. The molecule has 3 aromatic rings. The van der Waals surface area contributed by atoms with Crippen LogP contribution in [0.15, 0.2) is 42.6 Å². The lowest BCUT2D eigenvalue weighted by Gasteiger charge is -2.29. The number of aliphatic hydroxyl groups is 1. The molecule has 1 amide bonds. The van der Waals surface area contributed by atoms with Crippen molar-refractivity contribution in [3.05, 3.63) is 48.2 Å². The predicted octanol–water partition coefficient (Wildman–Crippen LogP) is 2.20. The van der Waals surface area contributed by atoms with Crippen LogP contribution in [0.25, 0.3) is 20.5 Å². The molecule has 0 radical (unpaired) electrons. The van der Waals surface area contributed by atoms with Crippen LogP contribution < -0.4 is 16.4 Å². The van der Waals surface area contributed by atoms with Crippen LogP contribution in [0.5, 0.6) is 0 Å². The lowest BCUT2D eigenvalue weighted by atomic mass is 10.0. The summed E-state index contributed by atoms with van der Waals surface area (Å²) < 4.78 is 0.817. The van der Waals surface area contributed by atoms with Crippen LogP contribution in [-0.4, -0.2) is 41.2 Å². The molecule has 7 heteroatoms. The molecule has 6 nitrogen and oxygen atoms in total. The Bertz CT molecular complexity index is 941. The SMILES string of the molecule is NC(=O)c1cnc(NC2CCNCC2O)c2cc(-c3ccccc3)sc12. The van der Waals surface area contributed by atoms with Crippen molar-refractivity contribution >= 4 is 33.1 Å². The van der Waals surface area contributed by atoms with Gasteiger partial charge in [-0.25, -0.2) is 4.98 Å². The number of benzene rings is 1. The van der Waals surface area contributed by atoms with Crippen molar-refractivity contribution in [1.82, 2.24) is 10.3 Å². The first-order chi connectivity index (χ1) is 12.6. The van der Waals surface area contributed by atoms with Crippen molar-refractivity contribution < 1.29 is 9.90 Å². The van der Waals surface area contributed by atoms with Gasteiger partial charge in [0.25, 0.3) is 5.91 Å². The van der Waals surface area contributed by atoms with E-state index < -0.39 is 12.0 Å². The fraction of sp³-hybridized carbons (Fsp3) is 0.263. The molecule has 134 valence electrons. The minimum atomic E-state index is -0.489. The monoisotopic (exact) mass is 368 g/mol. The molecule has 3 heterocycles. The number of nitrogens with zero attached hydrogens (tertiary/aromatic N) is 1. The number of amides is 1. The number of nitrogens with one attached hydrogen (secondary N) is 2. The highest BCUT2D eigenvalue weighted by Gasteiger charge is 2.24. The van der Waals surface area contributed by atoms with E-state index in [1.807, 2.05) is 36.4 Å². The number of aliphatic hydroxyl groups excluding tert-OH is 1. The summed E-state index contributed by atoms with van der Waals surface area (Å²) in [5, 5.41) is 17.6. The molecule has 26 heavy (non-hydrogen) atoms. The topological polar surface area (TPSA) is 100 Å². The first-order valence-corrected chi connectivity index (χ1v) is 9.38. The van der Waals surface area contributed by atoms with Crippen molar-refractivity contribution in [1.29, 1.82) is 0 Å². The molecular weight excluding hydrogens is 348 g/mol. The van der Waals surface area contributed by atoms with E-state index in [-0.39, 0.29) is 6.04 Å². The van der Waals surface area contributed by atoms with Crippen LogP contribution in [0.3, 0.4) is 0 Å². The molecule has 0 aliphatic carbocycles. The number of fused-ring (bicyclic) bond motifs is 1. The summed E-state index contributed by atoms with van der Waals surface area (Å²) in [4.78, 5) is 17.3. The van der Waals surface area contributed by atoms with E-state index in [1.54, 1.807) is 0 Å². The Balaban J connectivity index is 1.79. The average molecular weight is 368 g/mol. The summed E-state index contributed by atoms with van der Waals surface area (Å²) in [6.45, 7) is 1.40. The van der Waals surface area contributed by atoms with E-state index in [4.69, 9.17) is 5.73 Å². The molecule has 1 aliphatic heterocycles. The van der Waals surface area contributed by atoms with Gasteiger partial charge in [0.15, 0.2) is 0 Å². The normalized spacial score (nSPS) is 20.2. The third kappa shape index (κ3) is 3.16. The molecule has 2 atom stereocenters. The maximum atomic E-state index is 11.8. The highest BCUT2D eigenvalue weighted by atomic mass is 32.1. The van der Waals surface area contributed by atoms with Crippen LogP contribution in [0.2, 0.25) is 0 Å². The van der Waals surface area contributed by atoms with Gasteiger partial charge in [0.1, 0.15) is 5.82 Å². The van der Waals surface area contributed by atoms with Gasteiger partial charge in [-0.2, -0.15) is 0 Å². The largest absolute Gasteiger partial charge is 0.390 e. The van der Waals surface area contributed by atoms with Crippen molar-refractivity contribution in [3.63, 3.8) is 0 Å². The first kappa shape index (κ1) is 17.0. The number of carbonyl (C=O) groups excluding carboxylic acids is 1. The summed E-state index contributed by atoms with van der Waals surface area (Å²) in [7, 11) is 0. The predicted molar refractivity (Wildman–Crippen MR) is 104 cm³/mol. The van der Waals surface area contributed by atoms with E-state index in [0.717, 1.165) is 33.5 Å². The second-order valence-corrected chi connectivity index (χ2v) is 7.47. The fourth-order valence-electron chi connectivity index (χ4n) is 3.25. The molecular formula is C19H20N4O2S. The molecule has 2 unspecified atom stereocenters. The van der Waals surface area contributed by atoms with E-state index >= 15 is 0 Å². The molecule has 0 bridgehead atoms. The summed E-state index contributed by atoms with van der Waals surface area (Å²) in [6.07, 6.45) is 1.84. The van der Waals surface area contributed by atoms with Crippen molar-refractivity contribution in [2.45, 2.75) is 18.6 Å². The van der Waals surface area contributed by atoms with Crippen LogP contribution >= 0.6 is 11.3 Å². The van der Waals surface area contributed by atoms with Crippen molar-refractivity contribution in [2.75, 3.05) is 18.4 Å². The maximum Gasteiger partial charge on any atom is 0.251 e. The second-order valence-electron chi connectivity index (χ2n) is 6.42. The number of primary amides is 1. The van der Waals surface area contributed by atoms with Crippen LogP contribution in [-0.2, 0) is 0 Å². The number of hydrogen-bond acceptors (Lipinski definition) is 6. The van der Waals surface area contributed by atoms with Crippen molar-refractivity contribution in [3.8, 4) is 10.4 Å². The van der Waals surface area contributed by atoms with Gasteiger partial charge >= 0.3 is 0 Å². The molecule has 4 rings (SSSR count). The third-order valence-electron chi connectivity index (χ3n) is 4.65. The number of carbonyl (C=O) groups is 1. The van der Waals surface area contributed by atoms with Gasteiger partial charge in [0, 0.05) is 23.0 Å². The molecule has 2 aromatic heterocycles. The molecule has 1 aliphatic rings. The third-order valence-corrected chi connectivity index (χ3v) is 5.87. The molecule has 1 saturated heterocycles. The summed E-state index contributed by atoms with van der Waals surface area (Å²) in [6, 6.07) is 12.0. The quantitative estimate of drug-likeness (QED) is 0.566. The average Bonchev–Trinajstić information content (AvgIpc) is 3.10. The van der Waals surface area contributed by atoms with Gasteiger partial charge in [-0.3, -0.25) is 4.79 Å². The van der Waals surface area contributed by atoms with Gasteiger partial charge < -0.3 is 21.5 Å². The molecule has 1 aromatic carbocycles. The molecule has 1 fully saturated rings. The number of pyridine rings is 1. The highest BCUT2D eigenvalue weighted by Crippen LogP contribution is 2.38. The number of anilines is 1. The maximum absolute atomic E-state index is 11.8. The zero-order valence-electron chi connectivity index (χ0n) is 14.1. The van der Waals surface area contributed by atoms with E-state index in [9.17, 15) is 9.90 Å².